The van der Waals surface area contributed by atoms with E-state index in [1.165, 1.54) is 0 Å². The van der Waals surface area contributed by atoms with Crippen molar-refractivity contribution in [3.8, 4) is 11.6 Å². The van der Waals surface area contributed by atoms with Gasteiger partial charge in [-0.15, -0.1) is 0 Å². The lowest BCUT2D eigenvalue weighted by Gasteiger charge is -2.18. The van der Waals surface area contributed by atoms with Crippen LogP contribution in [-0.4, -0.2) is 19.9 Å². The number of aromatic hydroxyl groups is 1. The summed E-state index contributed by atoms with van der Waals surface area (Å²) in [5.41, 5.74) is 1.89. The first-order valence-corrected chi connectivity index (χ1v) is 6.74. The molecule has 1 aromatic carbocycles. The SMILES string of the molecule is CC(Nc1cccnc1-n1cccn1)c1cccc(O)c1. The van der Waals surface area contributed by atoms with Crippen molar-refractivity contribution >= 4 is 5.69 Å². The Bertz CT molecular complexity index is 725. The van der Waals surface area contributed by atoms with Crippen LogP contribution in [0.25, 0.3) is 5.82 Å². The van der Waals surface area contributed by atoms with E-state index in [-0.39, 0.29) is 11.8 Å². The van der Waals surface area contributed by atoms with E-state index in [1.807, 2.05) is 43.5 Å². The zero-order valence-electron chi connectivity index (χ0n) is 11.6. The van der Waals surface area contributed by atoms with Gasteiger partial charge in [0.1, 0.15) is 5.75 Å². The van der Waals surface area contributed by atoms with Crippen LogP contribution in [-0.2, 0) is 0 Å². The summed E-state index contributed by atoms with van der Waals surface area (Å²) >= 11 is 0. The largest absolute Gasteiger partial charge is 0.508 e. The fraction of sp³-hybridized carbons (Fsp3) is 0.125. The predicted molar refractivity (Wildman–Crippen MR) is 81.5 cm³/mol. The van der Waals surface area contributed by atoms with Gasteiger partial charge < -0.3 is 10.4 Å². The molecule has 2 N–H and O–H groups in total. The Morgan fingerprint density at radius 1 is 1.14 bits per heavy atom. The molecule has 0 amide bonds. The number of anilines is 1. The second-order valence-corrected chi connectivity index (χ2v) is 4.79. The van der Waals surface area contributed by atoms with Crippen molar-refractivity contribution < 1.29 is 5.11 Å². The van der Waals surface area contributed by atoms with Crippen molar-refractivity contribution in [3.63, 3.8) is 0 Å². The van der Waals surface area contributed by atoms with Crippen LogP contribution in [0.5, 0.6) is 5.75 Å². The number of nitrogens with zero attached hydrogens (tertiary/aromatic N) is 3. The Balaban J connectivity index is 1.88. The fourth-order valence-electron chi connectivity index (χ4n) is 2.20. The van der Waals surface area contributed by atoms with Crippen LogP contribution >= 0.6 is 0 Å². The lowest BCUT2D eigenvalue weighted by molar-refractivity contribution is 0.474. The Morgan fingerprint density at radius 3 is 2.81 bits per heavy atom. The van der Waals surface area contributed by atoms with E-state index in [1.54, 1.807) is 29.2 Å². The molecule has 0 spiro atoms. The molecule has 1 unspecified atom stereocenters. The first-order chi connectivity index (χ1) is 10.2. The van der Waals surface area contributed by atoms with E-state index >= 15 is 0 Å². The third-order valence-corrected chi connectivity index (χ3v) is 3.25. The number of aromatic nitrogens is 3. The van der Waals surface area contributed by atoms with E-state index in [0.717, 1.165) is 17.1 Å². The van der Waals surface area contributed by atoms with Gasteiger partial charge in [0.05, 0.1) is 5.69 Å². The lowest BCUT2D eigenvalue weighted by Crippen LogP contribution is -2.10. The molecule has 2 heterocycles. The maximum atomic E-state index is 9.58. The van der Waals surface area contributed by atoms with E-state index in [2.05, 4.69) is 15.4 Å². The summed E-state index contributed by atoms with van der Waals surface area (Å²) in [6, 6.07) is 13.0. The average Bonchev–Trinajstić information content (AvgIpc) is 3.02. The van der Waals surface area contributed by atoms with E-state index < -0.39 is 0 Å². The van der Waals surface area contributed by atoms with Crippen molar-refractivity contribution in [2.24, 2.45) is 0 Å². The smallest absolute Gasteiger partial charge is 0.176 e. The molecular weight excluding hydrogens is 264 g/mol. The summed E-state index contributed by atoms with van der Waals surface area (Å²) in [5.74, 6) is 1.01. The van der Waals surface area contributed by atoms with Gasteiger partial charge in [-0.05, 0) is 42.8 Å². The van der Waals surface area contributed by atoms with Gasteiger partial charge in [0.15, 0.2) is 5.82 Å². The second kappa shape index (κ2) is 5.66. The molecule has 3 rings (SSSR count). The predicted octanol–water partition coefficient (Wildman–Crippen LogP) is 3.15. The van der Waals surface area contributed by atoms with Crippen LogP contribution < -0.4 is 5.32 Å². The molecule has 0 aliphatic carbocycles. The highest BCUT2D eigenvalue weighted by molar-refractivity contribution is 5.57. The van der Waals surface area contributed by atoms with Crippen molar-refractivity contribution in [2.75, 3.05) is 5.32 Å². The minimum Gasteiger partial charge on any atom is -0.508 e. The molecule has 0 bridgehead atoms. The molecule has 106 valence electrons. The molecule has 0 saturated heterocycles. The zero-order chi connectivity index (χ0) is 14.7. The number of phenolic OH excluding ortho intramolecular Hbond substituents is 1. The van der Waals surface area contributed by atoms with Crippen molar-refractivity contribution in [2.45, 2.75) is 13.0 Å². The highest BCUT2D eigenvalue weighted by Crippen LogP contribution is 2.24. The van der Waals surface area contributed by atoms with Crippen LogP contribution in [0.15, 0.2) is 61.1 Å². The first kappa shape index (κ1) is 13.2. The molecule has 2 aromatic heterocycles. The molecule has 0 radical (unpaired) electrons. The number of rotatable bonds is 4. The van der Waals surface area contributed by atoms with Crippen molar-refractivity contribution in [1.82, 2.24) is 14.8 Å². The highest BCUT2D eigenvalue weighted by atomic mass is 16.3. The molecular formula is C16H16N4O. The molecule has 0 aliphatic rings. The monoisotopic (exact) mass is 280 g/mol. The highest BCUT2D eigenvalue weighted by Gasteiger charge is 2.10. The average molecular weight is 280 g/mol. The molecule has 5 heteroatoms. The van der Waals surface area contributed by atoms with Gasteiger partial charge in [-0.1, -0.05) is 12.1 Å². The summed E-state index contributed by atoms with van der Waals surface area (Å²) in [4.78, 5) is 4.37. The molecule has 0 fully saturated rings. The van der Waals surface area contributed by atoms with Crippen LogP contribution in [0.4, 0.5) is 5.69 Å². The van der Waals surface area contributed by atoms with Gasteiger partial charge in [-0.2, -0.15) is 5.10 Å². The Morgan fingerprint density at radius 2 is 2.05 bits per heavy atom. The fourth-order valence-corrected chi connectivity index (χ4v) is 2.20. The Kier molecular flexibility index (Phi) is 3.55. The van der Waals surface area contributed by atoms with Gasteiger partial charge >= 0.3 is 0 Å². The number of hydrogen-bond donors (Lipinski definition) is 2. The maximum Gasteiger partial charge on any atom is 0.176 e. The number of nitrogens with one attached hydrogen (secondary N) is 1. The number of phenols is 1. The summed E-state index contributed by atoms with van der Waals surface area (Å²) in [6.45, 7) is 2.04. The van der Waals surface area contributed by atoms with Crippen molar-refractivity contribution in [1.29, 1.82) is 0 Å². The molecule has 0 aliphatic heterocycles. The quantitative estimate of drug-likeness (QED) is 0.770. The topological polar surface area (TPSA) is 63.0 Å². The van der Waals surface area contributed by atoms with E-state index in [9.17, 15) is 5.11 Å². The molecule has 5 nitrogen and oxygen atoms in total. The summed E-state index contributed by atoms with van der Waals surface area (Å²) in [7, 11) is 0. The summed E-state index contributed by atoms with van der Waals surface area (Å²) < 4.78 is 1.72. The number of pyridine rings is 1. The Labute approximate surface area is 122 Å². The minimum atomic E-state index is 0.0376. The lowest BCUT2D eigenvalue weighted by atomic mass is 10.1. The third kappa shape index (κ3) is 2.86. The van der Waals surface area contributed by atoms with Gasteiger partial charge in [-0.25, -0.2) is 9.67 Å². The standard InChI is InChI=1S/C16H16N4O/c1-12(13-5-2-6-14(21)11-13)19-15-7-3-8-17-16(15)20-10-4-9-18-20/h2-12,19,21H,1H3. The van der Waals surface area contributed by atoms with E-state index in [4.69, 9.17) is 0 Å². The van der Waals surface area contributed by atoms with Crippen LogP contribution in [0.3, 0.4) is 0 Å². The number of hydrogen-bond acceptors (Lipinski definition) is 4. The minimum absolute atomic E-state index is 0.0376. The van der Waals surface area contributed by atoms with E-state index in [0.29, 0.717) is 0 Å². The maximum absolute atomic E-state index is 9.58. The zero-order valence-corrected chi connectivity index (χ0v) is 11.6. The normalized spacial score (nSPS) is 12.0. The number of benzene rings is 1. The van der Waals surface area contributed by atoms with Gasteiger partial charge in [0.25, 0.3) is 0 Å². The Hall–Kier alpha value is -2.82. The molecule has 0 saturated carbocycles. The molecule has 21 heavy (non-hydrogen) atoms. The van der Waals surface area contributed by atoms with Crippen molar-refractivity contribution in [3.05, 3.63) is 66.6 Å². The van der Waals surface area contributed by atoms with Gasteiger partial charge in [0, 0.05) is 24.6 Å². The van der Waals surface area contributed by atoms with Gasteiger partial charge in [-0.3, -0.25) is 0 Å². The van der Waals surface area contributed by atoms with Gasteiger partial charge in [0.2, 0.25) is 0 Å². The summed E-state index contributed by atoms with van der Waals surface area (Å²) in [6.07, 6.45) is 5.31. The molecule has 3 aromatic rings. The van der Waals surface area contributed by atoms with Crippen LogP contribution in [0.1, 0.15) is 18.5 Å². The third-order valence-electron chi connectivity index (χ3n) is 3.25. The molecule has 1 atom stereocenters. The van der Waals surface area contributed by atoms with Crippen LogP contribution in [0, 0.1) is 0 Å². The summed E-state index contributed by atoms with van der Waals surface area (Å²) in [5, 5.41) is 17.2. The second-order valence-electron chi connectivity index (χ2n) is 4.79. The first-order valence-electron chi connectivity index (χ1n) is 6.74. The van der Waals surface area contributed by atoms with Crippen LogP contribution in [0.2, 0.25) is 0 Å².